The molecule has 0 aliphatic heterocycles. The average Bonchev–Trinajstić information content (AvgIpc) is 1.58. The van der Waals surface area contributed by atoms with E-state index in [1.54, 1.807) is 24.3 Å². The molecule has 4 N–H and O–H groups in total. The van der Waals surface area contributed by atoms with Gasteiger partial charge in [0.25, 0.3) is 0 Å². The molecule has 127 heavy (non-hydrogen) atoms. The summed E-state index contributed by atoms with van der Waals surface area (Å²) < 4.78 is 93.2. The van der Waals surface area contributed by atoms with Gasteiger partial charge in [-0.3, -0.25) is 0 Å². The second kappa shape index (κ2) is 36.5. The van der Waals surface area contributed by atoms with Crippen molar-refractivity contribution < 1.29 is 82.8 Å². The van der Waals surface area contributed by atoms with Crippen molar-refractivity contribution in [2.75, 3.05) is 26.4 Å². The monoisotopic (exact) mass is 1850 g/mol. The molecule has 0 unspecified atom stereocenters. The van der Waals surface area contributed by atoms with Crippen molar-refractivity contribution in [2.45, 2.75) is 53.4 Å². The molecule has 0 radical (unpaired) electrons. The third-order valence-corrected chi connectivity index (χ3v) is 23.3. The first-order valence-corrected chi connectivity index (χ1v) is 41.5. The summed E-state index contributed by atoms with van der Waals surface area (Å²) in [5, 5.41) is 56.4. The Morgan fingerprint density at radius 1 is 0.220 bits per heavy atom. The SMILES string of the molecule is Cc1cc(-c2cc(F)ccc2OCCCCOc2ccc(F)cc2-c2cc(C)cc(-n3c4ccccc4c4ccccc43)c2O)c(O)c(-n2c3ccccc3c3ccccc32)c1.Cc1cc(-c2cc(F)ccc2OCCCCOc2ccc(F)cc2-c2cc(C)cc(-n3c4ccccc4c4ccccc43)c2O)c(O)c(-n2c3ccccc3c3ccccc32)c1.[CH3-].[CH3-].[Hf]. The summed E-state index contributed by atoms with van der Waals surface area (Å²) in [6.45, 7) is 9.01. The molecule has 632 valence electrons. The second-order valence-corrected chi connectivity index (χ2v) is 31.6. The predicted molar refractivity (Wildman–Crippen MR) is 504 cm³/mol. The largest absolute Gasteiger partial charge is 0.505 e. The van der Waals surface area contributed by atoms with Gasteiger partial charge in [-0.05, 0) is 245 Å². The molecule has 0 fully saturated rings. The summed E-state index contributed by atoms with van der Waals surface area (Å²) in [5.74, 6) is 0.0410. The summed E-state index contributed by atoms with van der Waals surface area (Å²) >= 11 is 0. The third kappa shape index (κ3) is 16.2. The molecule has 0 aliphatic carbocycles. The summed E-state index contributed by atoms with van der Waals surface area (Å²) in [7, 11) is 0. The van der Waals surface area contributed by atoms with Crippen LogP contribution in [-0.4, -0.2) is 65.1 Å². The van der Waals surface area contributed by atoms with E-state index in [1.807, 2.05) is 240 Å². The number of aromatic hydroxyl groups is 4. The first kappa shape index (κ1) is 86.2. The maximum Gasteiger partial charge on any atom is 0.147 e. The van der Waals surface area contributed by atoms with Gasteiger partial charge in [-0.1, -0.05) is 146 Å². The first-order chi connectivity index (χ1) is 60.5. The van der Waals surface area contributed by atoms with Gasteiger partial charge in [0.2, 0.25) is 0 Å². The number of hydrogen-bond donors (Lipinski definition) is 4. The molecule has 0 bridgehead atoms. The van der Waals surface area contributed by atoms with Crippen molar-refractivity contribution in [3.8, 4) is 113 Å². The Balaban J connectivity index is 0.000000182. The fraction of sp³-hybridized carbons (Fsp3) is 0.109. The summed E-state index contributed by atoms with van der Waals surface area (Å²) in [6, 6.07) is 97.2. The van der Waals surface area contributed by atoms with Crippen LogP contribution in [0.4, 0.5) is 17.6 Å². The summed E-state index contributed by atoms with van der Waals surface area (Å²) in [6.07, 6.45) is 2.36. The van der Waals surface area contributed by atoms with Crippen molar-refractivity contribution in [2.24, 2.45) is 0 Å². The standard InChI is InChI=1S/2C54H42F2N2O4.2CH3.Hf/c2*1-33-27-43(53(59)49(29-33)57-45-17-7-3-13-37(45)38-14-4-8-18-46(38)57)41-31-35(55)21-23-51(41)61-25-11-12-26-62-52-24-22-36(56)32-42(52)44-28-34(2)30-50(54(44)60)58-47-19-9-5-15-39(47)40-16-6-10-20-48(40)58;;;/h2*3-10,13-24,27-32,59-60H,11-12,25-26H2,1-2H3;2*1H3;/q;;2*-1;. The number of benzene rings is 16. The molecule has 17 heteroatoms. The molecule has 20 aromatic rings. The van der Waals surface area contributed by atoms with Gasteiger partial charge < -0.3 is 72.5 Å². The molecule has 0 saturated heterocycles. The molecule has 0 amide bonds. The van der Waals surface area contributed by atoms with Gasteiger partial charge in [0.15, 0.2) is 0 Å². The summed E-state index contributed by atoms with van der Waals surface area (Å²) in [5.41, 5.74) is 17.2. The van der Waals surface area contributed by atoms with E-state index in [2.05, 4.69) is 48.5 Å². The van der Waals surface area contributed by atoms with E-state index in [4.69, 9.17) is 18.9 Å². The zero-order valence-corrected chi connectivity index (χ0v) is 74.5. The van der Waals surface area contributed by atoms with Crippen molar-refractivity contribution in [1.29, 1.82) is 0 Å². The molecular formula is C110H90F4HfN4O8-2. The quantitative estimate of drug-likeness (QED) is 0.0228. The number of phenols is 4. The van der Waals surface area contributed by atoms with Gasteiger partial charge in [-0.25, -0.2) is 17.6 Å². The smallest absolute Gasteiger partial charge is 0.147 e. The Labute approximate surface area is 752 Å². The van der Waals surface area contributed by atoms with E-state index < -0.39 is 23.3 Å². The molecule has 0 atom stereocenters. The van der Waals surface area contributed by atoms with Crippen LogP contribution in [0.5, 0.6) is 46.0 Å². The molecule has 0 saturated carbocycles. The molecule has 16 aromatic carbocycles. The van der Waals surface area contributed by atoms with Crippen LogP contribution in [0, 0.1) is 65.8 Å². The molecule has 4 heterocycles. The predicted octanol–water partition coefficient (Wildman–Crippen LogP) is 28.4. The van der Waals surface area contributed by atoms with Crippen LogP contribution < -0.4 is 18.9 Å². The third-order valence-electron chi connectivity index (χ3n) is 23.3. The Kier molecular flexibility index (Phi) is 24.8. The fourth-order valence-corrected chi connectivity index (χ4v) is 17.8. The van der Waals surface area contributed by atoms with Crippen LogP contribution in [0.25, 0.3) is 154 Å². The van der Waals surface area contributed by atoms with Crippen molar-refractivity contribution in [3.05, 3.63) is 376 Å². The number of fused-ring (bicyclic) bond motifs is 12. The fourth-order valence-electron chi connectivity index (χ4n) is 17.8. The van der Waals surface area contributed by atoms with Crippen LogP contribution in [-0.2, 0) is 25.8 Å². The van der Waals surface area contributed by atoms with E-state index in [9.17, 15) is 38.0 Å². The maximum absolute atomic E-state index is 15.0. The van der Waals surface area contributed by atoms with Crippen LogP contribution in [0.3, 0.4) is 0 Å². The van der Waals surface area contributed by atoms with Crippen molar-refractivity contribution in [3.63, 3.8) is 0 Å². The zero-order valence-electron chi connectivity index (χ0n) is 70.9. The minimum Gasteiger partial charge on any atom is -0.505 e. The van der Waals surface area contributed by atoms with Crippen LogP contribution in [0.15, 0.2) is 315 Å². The van der Waals surface area contributed by atoms with Gasteiger partial charge in [0, 0.05) is 113 Å². The number of halogens is 4. The number of aromatic nitrogens is 4. The van der Waals surface area contributed by atoms with E-state index in [0.717, 1.165) is 109 Å². The number of aryl methyl sites for hydroxylation is 4. The van der Waals surface area contributed by atoms with Gasteiger partial charge in [0.05, 0.1) is 93.3 Å². The second-order valence-electron chi connectivity index (χ2n) is 31.6. The van der Waals surface area contributed by atoms with Crippen LogP contribution in [0.1, 0.15) is 47.9 Å². The van der Waals surface area contributed by atoms with E-state index in [0.29, 0.717) is 142 Å². The average molecular weight is 1850 g/mol. The van der Waals surface area contributed by atoms with Gasteiger partial charge in [-0.2, -0.15) is 0 Å². The van der Waals surface area contributed by atoms with E-state index in [1.165, 1.54) is 48.5 Å². The molecule has 20 rings (SSSR count). The molecule has 12 nitrogen and oxygen atoms in total. The molecule has 0 aliphatic rings. The van der Waals surface area contributed by atoms with E-state index >= 15 is 0 Å². The number of rotatable bonds is 22. The molecular weight excluding hydrogens is 1760 g/mol. The van der Waals surface area contributed by atoms with E-state index in [-0.39, 0.29) is 63.7 Å². The minimum absolute atomic E-state index is 0. The van der Waals surface area contributed by atoms with Crippen LogP contribution >= 0.6 is 0 Å². The Morgan fingerprint density at radius 3 is 0.559 bits per heavy atom. The number of unbranched alkanes of at least 4 members (excludes halogenated alkanes) is 2. The van der Waals surface area contributed by atoms with Gasteiger partial charge >= 0.3 is 0 Å². The van der Waals surface area contributed by atoms with Gasteiger partial charge in [0.1, 0.15) is 69.3 Å². The van der Waals surface area contributed by atoms with Crippen LogP contribution in [0.2, 0.25) is 0 Å². The maximum atomic E-state index is 15.0. The van der Waals surface area contributed by atoms with Gasteiger partial charge in [-0.15, -0.1) is 0 Å². The Morgan fingerprint density at radius 2 is 0.386 bits per heavy atom. The van der Waals surface area contributed by atoms with Crippen molar-refractivity contribution >= 4 is 87.2 Å². The number of ether oxygens (including phenoxy) is 4. The topological polar surface area (TPSA) is 138 Å². The molecule has 0 spiro atoms. The van der Waals surface area contributed by atoms with Crippen molar-refractivity contribution in [1.82, 2.24) is 18.3 Å². The minimum atomic E-state index is -0.447. The number of nitrogens with zero attached hydrogens (tertiary/aromatic N) is 4. The number of para-hydroxylation sites is 8. The molecule has 4 aromatic heterocycles. The normalized spacial score (nSPS) is 11.3. The Hall–Kier alpha value is -14.3. The number of phenolic OH excluding ortho intramolecular Hbond substituents is 4. The summed E-state index contributed by atoms with van der Waals surface area (Å²) in [4.78, 5) is 0. The Bertz CT molecular complexity index is 6490. The first-order valence-electron chi connectivity index (χ1n) is 41.5. The zero-order chi connectivity index (χ0) is 85.0. The number of hydrogen-bond acceptors (Lipinski definition) is 8.